The molecule has 2 aromatic rings. The number of hydrogen-bond acceptors (Lipinski definition) is 3. The third-order valence-corrected chi connectivity index (χ3v) is 3.42. The van der Waals surface area contributed by atoms with Gasteiger partial charge in [-0.05, 0) is 36.2 Å². The molecule has 128 valence electrons. The van der Waals surface area contributed by atoms with Crippen LogP contribution in [0, 0.1) is 11.6 Å². The van der Waals surface area contributed by atoms with Gasteiger partial charge < -0.3 is 14.6 Å². The van der Waals surface area contributed by atoms with Crippen LogP contribution in [-0.2, 0) is 0 Å². The van der Waals surface area contributed by atoms with E-state index in [9.17, 15) is 13.6 Å². The van der Waals surface area contributed by atoms with Crippen LogP contribution in [0.4, 0.5) is 13.6 Å². The van der Waals surface area contributed by atoms with Gasteiger partial charge in [0.2, 0.25) is 5.82 Å². The molecule has 2 rings (SSSR count). The highest BCUT2D eigenvalue weighted by Gasteiger charge is 2.16. The molecule has 0 unspecified atom stereocenters. The predicted octanol–water partition coefficient (Wildman–Crippen LogP) is 5.26. The van der Waals surface area contributed by atoms with E-state index in [1.165, 1.54) is 36.4 Å². The fraction of sp³-hybridized carbons (Fsp3) is 0.278. The Hall–Kier alpha value is -2.63. The summed E-state index contributed by atoms with van der Waals surface area (Å²) < 4.78 is 38.1. The van der Waals surface area contributed by atoms with Crippen molar-refractivity contribution in [3.63, 3.8) is 0 Å². The lowest BCUT2D eigenvalue weighted by Crippen LogP contribution is -2.03. The van der Waals surface area contributed by atoms with Crippen molar-refractivity contribution in [2.24, 2.45) is 0 Å². The standard InChI is InChI=1S/C18H18F2O4/c1-2-3-4-11-23-15-10-9-14(16(19)17(15)20)12-5-7-13(8-6-12)24-18(21)22/h5-10H,2-4,11H2,1H3,(H,21,22). The van der Waals surface area contributed by atoms with Gasteiger partial charge in [-0.2, -0.15) is 4.39 Å². The lowest BCUT2D eigenvalue weighted by Gasteiger charge is -2.10. The molecule has 0 saturated carbocycles. The minimum absolute atomic E-state index is 0.0651. The van der Waals surface area contributed by atoms with Crippen molar-refractivity contribution in [3.05, 3.63) is 48.0 Å². The molecule has 24 heavy (non-hydrogen) atoms. The van der Waals surface area contributed by atoms with Crippen molar-refractivity contribution >= 4 is 6.16 Å². The maximum absolute atomic E-state index is 14.3. The van der Waals surface area contributed by atoms with Crippen molar-refractivity contribution in [2.75, 3.05) is 6.61 Å². The van der Waals surface area contributed by atoms with Gasteiger partial charge in [-0.15, -0.1) is 0 Å². The smallest absolute Gasteiger partial charge is 0.490 e. The molecular formula is C18H18F2O4. The van der Waals surface area contributed by atoms with Crippen LogP contribution < -0.4 is 9.47 Å². The van der Waals surface area contributed by atoms with E-state index in [1.807, 2.05) is 6.92 Å². The normalized spacial score (nSPS) is 10.5. The SMILES string of the molecule is CCCCCOc1ccc(-c2ccc(OC(=O)O)cc2)c(F)c1F. The Kier molecular flexibility index (Phi) is 6.12. The first-order valence-electron chi connectivity index (χ1n) is 7.65. The number of rotatable bonds is 7. The van der Waals surface area contributed by atoms with Gasteiger partial charge in [0.15, 0.2) is 11.6 Å². The quantitative estimate of drug-likeness (QED) is 0.426. The molecule has 0 aliphatic rings. The number of halogens is 2. The van der Waals surface area contributed by atoms with Crippen molar-refractivity contribution < 1.29 is 28.2 Å². The Morgan fingerprint density at radius 3 is 2.38 bits per heavy atom. The molecule has 4 nitrogen and oxygen atoms in total. The van der Waals surface area contributed by atoms with Crippen molar-refractivity contribution in [3.8, 4) is 22.6 Å². The summed E-state index contributed by atoms with van der Waals surface area (Å²) in [5.74, 6) is -2.05. The molecule has 0 atom stereocenters. The van der Waals surface area contributed by atoms with Gasteiger partial charge in [-0.3, -0.25) is 0 Å². The summed E-state index contributed by atoms with van der Waals surface area (Å²) >= 11 is 0. The Labute approximate surface area is 138 Å². The van der Waals surface area contributed by atoms with E-state index in [-0.39, 0.29) is 17.1 Å². The lowest BCUT2D eigenvalue weighted by atomic mass is 10.0. The highest BCUT2D eigenvalue weighted by atomic mass is 19.2. The molecule has 6 heteroatoms. The monoisotopic (exact) mass is 336 g/mol. The van der Waals surface area contributed by atoms with Crippen LogP contribution in [0.3, 0.4) is 0 Å². The second-order valence-corrected chi connectivity index (χ2v) is 5.19. The number of ether oxygens (including phenoxy) is 2. The number of hydrogen-bond donors (Lipinski definition) is 1. The van der Waals surface area contributed by atoms with Gasteiger partial charge in [0.1, 0.15) is 5.75 Å². The van der Waals surface area contributed by atoms with Crippen LogP contribution in [0.1, 0.15) is 26.2 Å². The first kappa shape index (κ1) is 17.7. The molecule has 2 aromatic carbocycles. The van der Waals surface area contributed by atoms with E-state index in [2.05, 4.69) is 4.74 Å². The van der Waals surface area contributed by atoms with Crippen LogP contribution in [-0.4, -0.2) is 17.9 Å². The molecule has 0 heterocycles. The number of unbranched alkanes of at least 4 members (excludes halogenated alkanes) is 2. The summed E-state index contributed by atoms with van der Waals surface area (Å²) in [7, 11) is 0. The summed E-state index contributed by atoms with van der Waals surface area (Å²) in [5, 5.41) is 8.52. The molecular weight excluding hydrogens is 318 g/mol. The van der Waals surface area contributed by atoms with Crippen molar-refractivity contribution in [2.45, 2.75) is 26.2 Å². The highest BCUT2D eigenvalue weighted by Crippen LogP contribution is 2.31. The second-order valence-electron chi connectivity index (χ2n) is 5.19. The maximum atomic E-state index is 14.3. The predicted molar refractivity (Wildman–Crippen MR) is 85.5 cm³/mol. The Morgan fingerprint density at radius 1 is 1.04 bits per heavy atom. The summed E-state index contributed by atoms with van der Waals surface area (Å²) in [5.41, 5.74) is 0.469. The molecule has 0 radical (unpaired) electrons. The third kappa shape index (κ3) is 4.44. The molecule has 0 aliphatic carbocycles. The largest absolute Gasteiger partial charge is 0.511 e. The van der Waals surface area contributed by atoms with Gasteiger partial charge in [0.05, 0.1) is 6.61 Å². The van der Waals surface area contributed by atoms with E-state index in [1.54, 1.807) is 0 Å². The van der Waals surface area contributed by atoms with Crippen LogP contribution in [0.25, 0.3) is 11.1 Å². The first-order valence-corrected chi connectivity index (χ1v) is 7.65. The fourth-order valence-corrected chi connectivity index (χ4v) is 2.20. The number of carbonyl (C=O) groups is 1. The Morgan fingerprint density at radius 2 is 1.75 bits per heavy atom. The van der Waals surface area contributed by atoms with Crippen LogP contribution in [0.5, 0.6) is 11.5 Å². The zero-order valence-corrected chi connectivity index (χ0v) is 13.2. The minimum Gasteiger partial charge on any atom is -0.490 e. The van der Waals surface area contributed by atoms with E-state index < -0.39 is 17.8 Å². The zero-order valence-electron chi connectivity index (χ0n) is 13.2. The Bertz CT molecular complexity index is 699. The summed E-state index contributed by atoms with van der Waals surface area (Å²) in [6.45, 7) is 2.38. The second kappa shape index (κ2) is 8.29. The van der Waals surface area contributed by atoms with Crippen LogP contribution in [0.2, 0.25) is 0 Å². The topological polar surface area (TPSA) is 55.8 Å². The van der Waals surface area contributed by atoms with Crippen LogP contribution >= 0.6 is 0 Å². The molecule has 0 amide bonds. The van der Waals surface area contributed by atoms with Gasteiger partial charge in [-0.1, -0.05) is 31.9 Å². The van der Waals surface area contributed by atoms with Crippen LogP contribution in [0.15, 0.2) is 36.4 Å². The fourth-order valence-electron chi connectivity index (χ4n) is 2.20. The van der Waals surface area contributed by atoms with Crippen molar-refractivity contribution in [1.29, 1.82) is 0 Å². The van der Waals surface area contributed by atoms with Gasteiger partial charge >= 0.3 is 6.16 Å². The van der Waals surface area contributed by atoms with E-state index in [4.69, 9.17) is 9.84 Å². The van der Waals surface area contributed by atoms with E-state index in [0.717, 1.165) is 19.3 Å². The van der Waals surface area contributed by atoms with E-state index >= 15 is 0 Å². The third-order valence-electron chi connectivity index (χ3n) is 3.42. The molecule has 1 N–H and O–H groups in total. The maximum Gasteiger partial charge on any atom is 0.511 e. The molecule has 0 fully saturated rings. The zero-order chi connectivity index (χ0) is 17.5. The molecule has 0 bridgehead atoms. The molecule has 0 saturated heterocycles. The molecule has 0 aliphatic heterocycles. The first-order chi connectivity index (χ1) is 11.5. The summed E-state index contributed by atoms with van der Waals surface area (Å²) in [6, 6.07) is 8.48. The minimum atomic E-state index is -1.44. The van der Waals surface area contributed by atoms with Gasteiger partial charge in [0.25, 0.3) is 0 Å². The molecule has 0 spiro atoms. The van der Waals surface area contributed by atoms with Gasteiger partial charge in [0, 0.05) is 5.56 Å². The average Bonchev–Trinajstić information content (AvgIpc) is 2.56. The molecule has 0 aromatic heterocycles. The Balaban J connectivity index is 2.16. The summed E-state index contributed by atoms with van der Waals surface area (Å²) in [6.07, 6.45) is 1.32. The summed E-state index contributed by atoms with van der Waals surface area (Å²) in [4.78, 5) is 10.4. The number of benzene rings is 2. The van der Waals surface area contributed by atoms with E-state index in [0.29, 0.717) is 12.2 Å². The lowest BCUT2D eigenvalue weighted by molar-refractivity contribution is 0.144. The van der Waals surface area contributed by atoms with Gasteiger partial charge in [-0.25, -0.2) is 9.18 Å². The number of carboxylic acid groups (broad SMARTS) is 1. The van der Waals surface area contributed by atoms with Crippen molar-refractivity contribution in [1.82, 2.24) is 0 Å². The highest BCUT2D eigenvalue weighted by molar-refractivity contribution is 5.67. The average molecular weight is 336 g/mol.